The lowest BCUT2D eigenvalue weighted by Crippen LogP contribution is -1.97. The highest BCUT2D eigenvalue weighted by atomic mass is 14.1. The third kappa shape index (κ3) is 4.66. The third-order valence-electron chi connectivity index (χ3n) is 1.80. The minimum atomic E-state index is 0.265. The fourth-order valence-corrected chi connectivity index (χ4v) is 1.08. The third-order valence-corrected chi connectivity index (χ3v) is 1.80. The molecule has 0 aromatic heterocycles. The van der Waals surface area contributed by atoms with Crippen LogP contribution in [-0.2, 0) is 0 Å². The van der Waals surface area contributed by atoms with Crippen LogP contribution in [0.15, 0.2) is 48.6 Å². The Morgan fingerprint density at radius 2 is 1.57 bits per heavy atom. The van der Waals surface area contributed by atoms with Crippen molar-refractivity contribution in [1.82, 2.24) is 0 Å². The monoisotopic (exact) mass is 186 g/mol. The van der Waals surface area contributed by atoms with E-state index >= 15 is 0 Å². The second-order valence-electron chi connectivity index (χ2n) is 4.49. The first-order valence-corrected chi connectivity index (χ1v) is 4.99. The van der Waals surface area contributed by atoms with E-state index in [-0.39, 0.29) is 5.41 Å². The molecule has 0 saturated heterocycles. The van der Waals surface area contributed by atoms with Crippen molar-refractivity contribution in [3.63, 3.8) is 0 Å². The van der Waals surface area contributed by atoms with Gasteiger partial charge in [-0.1, -0.05) is 75.4 Å². The van der Waals surface area contributed by atoms with Gasteiger partial charge in [0, 0.05) is 0 Å². The summed E-state index contributed by atoms with van der Waals surface area (Å²) in [6, 6.07) is 10.3. The Labute approximate surface area is 87.0 Å². The molecule has 0 aliphatic carbocycles. The summed E-state index contributed by atoms with van der Waals surface area (Å²) in [5, 5.41) is 0. The lowest BCUT2D eigenvalue weighted by molar-refractivity contribution is 0.544. The Morgan fingerprint density at radius 1 is 0.929 bits per heavy atom. The molecule has 0 unspecified atom stereocenters. The molecule has 0 fully saturated rings. The quantitative estimate of drug-likeness (QED) is 0.604. The van der Waals surface area contributed by atoms with Gasteiger partial charge >= 0.3 is 0 Å². The topological polar surface area (TPSA) is 0 Å². The number of benzene rings is 1. The Balaban J connectivity index is 2.54. The summed E-state index contributed by atoms with van der Waals surface area (Å²) in [5.41, 5.74) is 1.51. The zero-order chi connectivity index (χ0) is 10.4. The molecule has 1 aromatic rings. The fraction of sp³-hybridized carbons (Fsp3) is 0.286. The van der Waals surface area contributed by atoms with Crippen LogP contribution >= 0.6 is 0 Å². The largest absolute Gasteiger partial charge is 0.0791 e. The predicted octanol–water partition coefficient (Wildman–Crippen LogP) is 4.30. The predicted molar refractivity (Wildman–Crippen MR) is 64.1 cm³/mol. The molecule has 1 rings (SSSR count). The van der Waals surface area contributed by atoms with Crippen LogP contribution < -0.4 is 0 Å². The summed E-state index contributed by atoms with van der Waals surface area (Å²) < 4.78 is 0. The lowest BCUT2D eigenvalue weighted by atomic mass is 9.96. The van der Waals surface area contributed by atoms with Crippen LogP contribution in [-0.4, -0.2) is 0 Å². The van der Waals surface area contributed by atoms with E-state index in [1.807, 2.05) is 18.2 Å². The fourth-order valence-electron chi connectivity index (χ4n) is 1.08. The SMILES string of the molecule is CC(C)(C)C=C/C=C/c1ccccc1. The van der Waals surface area contributed by atoms with Gasteiger partial charge in [0.15, 0.2) is 0 Å². The van der Waals surface area contributed by atoms with Crippen molar-refractivity contribution in [2.45, 2.75) is 20.8 Å². The van der Waals surface area contributed by atoms with Crippen LogP contribution in [0.5, 0.6) is 0 Å². The number of hydrogen-bond acceptors (Lipinski definition) is 0. The van der Waals surface area contributed by atoms with Crippen molar-refractivity contribution >= 4 is 6.08 Å². The second-order valence-corrected chi connectivity index (χ2v) is 4.49. The standard InChI is InChI=1S/C14H18/c1-14(2,3)12-8-7-11-13-9-5-4-6-10-13/h4-12H,1-3H3/b11-7+,12-8?. The first kappa shape index (κ1) is 10.8. The molecule has 0 spiro atoms. The molecule has 14 heavy (non-hydrogen) atoms. The van der Waals surface area contributed by atoms with Gasteiger partial charge in [0.2, 0.25) is 0 Å². The molecule has 0 amide bonds. The molecule has 1 aromatic carbocycles. The average molecular weight is 186 g/mol. The molecule has 74 valence electrons. The van der Waals surface area contributed by atoms with Crippen LogP contribution in [0, 0.1) is 5.41 Å². The van der Waals surface area contributed by atoms with E-state index in [4.69, 9.17) is 0 Å². The highest BCUT2D eigenvalue weighted by Gasteiger charge is 2.01. The molecule has 0 nitrogen and oxygen atoms in total. The van der Waals surface area contributed by atoms with Crippen molar-refractivity contribution < 1.29 is 0 Å². The van der Waals surface area contributed by atoms with E-state index in [2.05, 4.69) is 57.2 Å². The van der Waals surface area contributed by atoms with E-state index in [0.717, 1.165) is 0 Å². The summed E-state index contributed by atoms with van der Waals surface area (Å²) >= 11 is 0. The number of rotatable bonds is 2. The van der Waals surface area contributed by atoms with E-state index < -0.39 is 0 Å². The Hall–Kier alpha value is -1.30. The molecule has 0 heteroatoms. The van der Waals surface area contributed by atoms with E-state index in [0.29, 0.717) is 0 Å². The summed E-state index contributed by atoms with van der Waals surface area (Å²) in [5.74, 6) is 0. The molecule has 0 N–H and O–H groups in total. The smallest absolute Gasteiger partial charge is 0.0200 e. The van der Waals surface area contributed by atoms with Gasteiger partial charge in [0.25, 0.3) is 0 Å². The maximum Gasteiger partial charge on any atom is -0.0200 e. The van der Waals surface area contributed by atoms with Crippen molar-refractivity contribution in [1.29, 1.82) is 0 Å². The second kappa shape index (κ2) is 4.80. The van der Waals surface area contributed by atoms with Crippen LogP contribution in [0.25, 0.3) is 6.08 Å². The van der Waals surface area contributed by atoms with E-state index in [1.54, 1.807) is 0 Å². The molecule has 0 heterocycles. The summed E-state index contributed by atoms with van der Waals surface area (Å²) in [6.07, 6.45) is 8.50. The number of hydrogen-bond donors (Lipinski definition) is 0. The molecule has 0 aliphatic heterocycles. The molecule has 0 saturated carbocycles. The van der Waals surface area contributed by atoms with Gasteiger partial charge in [-0.3, -0.25) is 0 Å². The van der Waals surface area contributed by atoms with Crippen molar-refractivity contribution in [2.75, 3.05) is 0 Å². The van der Waals surface area contributed by atoms with Crippen molar-refractivity contribution in [3.05, 3.63) is 54.1 Å². The molecule has 0 aliphatic rings. The van der Waals surface area contributed by atoms with Gasteiger partial charge in [-0.05, 0) is 11.0 Å². The van der Waals surface area contributed by atoms with Crippen LogP contribution in [0.3, 0.4) is 0 Å². The molecular weight excluding hydrogens is 168 g/mol. The van der Waals surface area contributed by atoms with Gasteiger partial charge in [-0.25, -0.2) is 0 Å². The first-order chi connectivity index (χ1) is 6.58. The van der Waals surface area contributed by atoms with Crippen LogP contribution in [0.4, 0.5) is 0 Å². The maximum atomic E-state index is 2.20. The Morgan fingerprint density at radius 3 is 2.14 bits per heavy atom. The normalized spacial score (nSPS) is 12.8. The zero-order valence-electron chi connectivity index (χ0n) is 9.20. The molecule has 0 radical (unpaired) electrons. The van der Waals surface area contributed by atoms with E-state index in [9.17, 15) is 0 Å². The van der Waals surface area contributed by atoms with Gasteiger partial charge in [0.05, 0.1) is 0 Å². The van der Waals surface area contributed by atoms with Crippen molar-refractivity contribution in [2.24, 2.45) is 5.41 Å². The minimum absolute atomic E-state index is 0.265. The van der Waals surface area contributed by atoms with Crippen LogP contribution in [0.1, 0.15) is 26.3 Å². The maximum absolute atomic E-state index is 2.20. The van der Waals surface area contributed by atoms with Gasteiger partial charge < -0.3 is 0 Å². The summed E-state index contributed by atoms with van der Waals surface area (Å²) in [7, 11) is 0. The van der Waals surface area contributed by atoms with Crippen molar-refractivity contribution in [3.8, 4) is 0 Å². The van der Waals surface area contributed by atoms with Gasteiger partial charge in [-0.15, -0.1) is 0 Å². The van der Waals surface area contributed by atoms with Gasteiger partial charge in [-0.2, -0.15) is 0 Å². The molecule has 0 bridgehead atoms. The molecular formula is C14H18. The van der Waals surface area contributed by atoms with Gasteiger partial charge in [0.1, 0.15) is 0 Å². The zero-order valence-corrected chi connectivity index (χ0v) is 9.20. The highest BCUT2D eigenvalue weighted by molar-refractivity contribution is 5.50. The molecule has 0 atom stereocenters. The van der Waals surface area contributed by atoms with Crippen LogP contribution in [0.2, 0.25) is 0 Å². The number of allylic oxidation sites excluding steroid dienone is 3. The highest BCUT2D eigenvalue weighted by Crippen LogP contribution is 2.14. The lowest BCUT2D eigenvalue weighted by Gasteiger charge is -2.09. The summed E-state index contributed by atoms with van der Waals surface area (Å²) in [6.45, 7) is 6.58. The average Bonchev–Trinajstić information content (AvgIpc) is 2.13. The summed E-state index contributed by atoms with van der Waals surface area (Å²) in [4.78, 5) is 0. The van der Waals surface area contributed by atoms with E-state index in [1.165, 1.54) is 5.56 Å². The Kier molecular flexibility index (Phi) is 3.70. The first-order valence-electron chi connectivity index (χ1n) is 4.99. The Bertz CT molecular complexity index is 310. The minimum Gasteiger partial charge on any atom is -0.0791 e.